The number of carboxylic acid groups (broad SMARTS) is 1. The Morgan fingerprint density at radius 3 is 2.74 bits per heavy atom. The summed E-state index contributed by atoms with van der Waals surface area (Å²) in [5.74, 6) is 0.544. The number of fused-ring (bicyclic) bond motifs is 1. The fourth-order valence-electron chi connectivity index (χ4n) is 2.61. The molecule has 2 heterocycles. The SMILES string of the molecule is O=C(O)c1cccc(-c2ccn(-c3ccc4c(c3)OCO4)c2)c1. The maximum atomic E-state index is 11.1. The van der Waals surface area contributed by atoms with E-state index in [2.05, 4.69) is 0 Å². The third-order valence-corrected chi connectivity index (χ3v) is 3.79. The molecule has 0 aliphatic carbocycles. The number of rotatable bonds is 3. The van der Waals surface area contributed by atoms with Crippen molar-refractivity contribution in [1.29, 1.82) is 0 Å². The highest BCUT2D eigenvalue weighted by Gasteiger charge is 2.14. The normalized spacial score (nSPS) is 12.3. The number of aromatic nitrogens is 1. The third kappa shape index (κ3) is 2.42. The molecule has 0 radical (unpaired) electrons. The van der Waals surface area contributed by atoms with Crippen molar-refractivity contribution in [2.45, 2.75) is 0 Å². The van der Waals surface area contributed by atoms with Crippen LogP contribution in [-0.4, -0.2) is 22.4 Å². The van der Waals surface area contributed by atoms with Gasteiger partial charge in [0.15, 0.2) is 11.5 Å². The molecule has 0 unspecified atom stereocenters. The summed E-state index contributed by atoms with van der Waals surface area (Å²) in [7, 11) is 0. The van der Waals surface area contributed by atoms with Gasteiger partial charge >= 0.3 is 5.97 Å². The second-order valence-corrected chi connectivity index (χ2v) is 5.23. The van der Waals surface area contributed by atoms with E-state index in [1.54, 1.807) is 18.2 Å². The average Bonchev–Trinajstić information content (AvgIpc) is 3.23. The number of ether oxygens (including phenoxy) is 2. The van der Waals surface area contributed by atoms with Crippen LogP contribution >= 0.6 is 0 Å². The Hall–Kier alpha value is -3.21. The molecule has 0 bridgehead atoms. The van der Waals surface area contributed by atoms with Gasteiger partial charge in [0, 0.05) is 24.1 Å². The van der Waals surface area contributed by atoms with E-state index in [1.165, 1.54) is 0 Å². The summed E-state index contributed by atoms with van der Waals surface area (Å²) >= 11 is 0. The van der Waals surface area contributed by atoms with Crippen LogP contribution in [0.25, 0.3) is 16.8 Å². The topological polar surface area (TPSA) is 60.7 Å². The fraction of sp³-hybridized carbons (Fsp3) is 0.0556. The number of carbonyl (C=O) groups is 1. The molecule has 3 aromatic rings. The molecule has 0 saturated heterocycles. The zero-order valence-corrected chi connectivity index (χ0v) is 12.1. The number of nitrogens with zero attached hydrogens (tertiary/aromatic N) is 1. The van der Waals surface area contributed by atoms with E-state index in [0.717, 1.165) is 28.3 Å². The first-order valence-electron chi connectivity index (χ1n) is 7.12. The summed E-state index contributed by atoms with van der Waals surface area (Å²) < 4.78 is 12.7. The predicted octanol–water partition coefficient (Wildman–Crippen LogP) is 3.57. The molecule has 114 valence electrons. The van der Waals surface area contributed by atoms with Gasteiger partial charge in [0.05, 0.1) is 5.56 Å². The highest BCUT2D eigenvalue weighted by molar-refractivity contribution is 5.89. The Morgan fingerprint density at radius 1 is 1.00 bits per heavy atom. The van der Waals surface area contributed by atoms with Gasteiger partial charge in [0.1, 0.15) is 0 Å². The van der Waals surface area contributed by atoms with Gasteiger partial charge in [0.25, 0.3) is 0 Å². The van der Waals surface area contributed by atoms with Crippen LogP contribution in [0.5, 0.6) is 11.5 Å². The number of aromatic carboxylic acids is 1. The highest BCUT2D eigenvalue weighted by atomic mass is 16.7. The standard InChI is InChI=1S/C18H13NO4/c20-18(21)13-3-1-2-12(8-13)14-6-7-19(10-14)15-4-5-16-17(9-15)23-11-22-16/h1-10H,11H2,(H,20,21). The van der Waals surface area contributed by atoms with Crippen LogP contribution in [0.3, 0.4) is 0 Å². The van der Waals surface area contributed by atoms with Gasteiger partial charge in [-0.15, -0.1) is 0 Å². The Morgan fingerprint density at radius 2 is 1.87 bits per heavy atom. The van der Waals surface area contributed by atoms with E-state index >= 15 is 0 Å². The van der Waals surface area contributed by atoms with Crippen LogP contribution in [0, 0.1) is 0 Å². The van der Waals surface area contributed by atoms with Crippen molar-refractivity contribution in [1.82, 2.24) is 4.57 Å². The Kier molecular flexibility index (Phi) is 3.05. The molecule has 1 N–H and O–H groups in total. The minimum absolute atomic E-state index is 0.248. The van der Waals surface area contributed by atoms with Gasteiger partial charge in [-0.2, -0.15) is 0 Å². The van der Waals surface area contributed by atoms with Gasteiger partial charge in [-0.3, -0.25) is 0 Å². The average molecular weight is 307 g/mol. The van der Waals surface area contributed by atoms with E-state index in [9.17, 15) is 4.79 Å². The summed E-state index contributed by atoms with van der Waals surface area (Å²) in [5.41, 5.74) is 3.04. The van der Waals surface area contributed by atoms with Crippen LogP contribution in [0.4, 0.5) is 0 Å². The molecular formula is C18H13NO4. The summed E-state index contributed by atoms with van der Waals surface area (Å²) in [5, 5.41) is 9.10. The number of carboxylic acids is 1. The largest absolute Gasteiger partial charge is 0.478 e. The molecule has 0 saturated carbocycles. The second kappa shape index (κ2) is 5.21. The third-order valence-electron chi connectivity index (χ3n) is 3.79. The smallest absolute Gasteiger partial charge is 0.335 e. The maximum absolute atomic E-state index is 11.1. The van der Waals surface area contributed by atoms with Crippen molar-refractivity contribution >= 4 is 5.97 Å². The minimum Gasteiger partial charge on any atom is -0.478 e. The van der Waals surface area contributed by atoms with Gasteiger partial charge in [0.2, 0.25) is 6.79 Å². The molecule has 0 amide bonds. The molecule has 23 heavy (non-hydrogen) atoms. The molecular weight excluding hydrogens is 294 g/mol. The quantitative estimate of drug-likeness (QED) is 0.803. The van der Waals surface area contributed by atoms with Crippen LogP contribution in [-0.2, 0) is 0 Å². The van der Waals surface area contributed by atoms with Crippen molar-refractivity contribution in [2.24, 2.45) is 0 Å². The zero-order valence-electron chi connectivity index (χ0n) is 12.1. The molecule has 1 aromatic heterocycles. The van der Waals surface area contributed by atoms with Gasteiger partial charge in [-0.25, -0.2) is 4.79 Å². The summed E-state index contributed by atoms with van der Waals surface area (Å²) in [6.45, 7) is 0.248. The van der Waals surface area contributed by atoms with E-state index in [4.69, 9.17) is 14.6 Å². The number of hydrogen-bond donors (Lipinski definition) is 1. The molecule has 1 aliphatic rings. The van der Waals surface area contributed by atoms with Crippen LogP contribution < -0.4 is 9.47 Å². The predicted molar refractivity (Wildman–Crippen MR) is 84.3 cm³/mol. The van der Waals surface area contributed by atoms with Gasteiger partial charge in [-0.1, -0.05) is 12.1 Å². The van der Waals surface area contributed by atoms with Crippen LogP contribution in [0.1, 0.15) is 10.4 Å². The summed E-state index contributed by atoms with van der Waals surface area (Å²) in [6.07, 6.45) is 3.89. The first kappa shape index (κ1) is 13.5. The molecule has 5 nitrogen and oxygen atoms in total. The van der Waals surface area contributed by atoms with Crippen molar-refractivity contribution in [3.05, 3.63) is 66.5 Å². The van der Waals surface area contributed by atoms with E-state index in [0.29, 0.717) is 0 Å². The molecule has 5 heteroatoms. The van der Waals surface area contributed by atoms with E-state index in [1.807, 2.05) is 47.3 Å². The van der Waals surface area contributed by atoms with Crippen molar-refractivity contribution in [3.63, 3.8) is 0 Å². The first-order chi connectivity index (χ1) is 11.2. The Balaban J connectivity index is 1.69. The lowest BCUT2D eigenvalue weighted by Gasteiger charge is -2.04. The maximum Gasteiger partial charge on any atom is 0.335 e. The van der Waals surface area contributed by atoms with Crippen LogP contribution in [0.2, 0.25) is 0 Å². The van der Waals surface area contributed by atoms with Crippen molar-refractivity contribution in [2.75, 3.05) is 6.79 Å². The fourth-order valence-corrected chi connectivity index (χ4v) is 2.61. The number of hydrogen-bond acceptors (Lipinski definition) is 3. The monoisotopic (exact) mass is 307 g/mol. The van der Waals surface area contributed by atoms with Crippen LogP contribution in [0.15, 0.2) is 60.9 Å². The molecule has 0 spiro atoms. The minimum atomic E-state index is -0.929. The molecule has 0 atom stereocenters. The molecule has 2 aromatic carbocycles. The first-order valence-corrected chi connectivity index (χ1v) is 7.12. The summed E-state index contributed by atoms with van der Waals surface area (Å²) in [6, 6.07) is 14.6. The molecule has 4 rings (SSSR count). The lowest BCUT2D eigenvalue weighted by molar-refractivity contribution is 0.0697. The van der Waals surface area contributed by atoms with Gasteiger partial charge < -0.3 is 19.1 Å². The van der Waals surface area contributed by atoms with E-state index < -0.39 is 5.97 Å². The lowest BCUT2D eigenvalue weighted by Crippen LogP contribution is -1.95. The molecule has 0 fully saturated rings. The summed E-state index contributed by atoms with van der Waals surface area (Å²) in [4.78, 5) is 11.1. The number of benzene rings is 2. The van der Waals surface area contributed by atoms with Crippen molar-refractivity contribution < 1.29 is 19.4 Å². The second-order valence-electron chi connectivity index (χ2n) is 5.23. The highest BCUT2D eigenvalue weighted by Crippen LogP contribution is 2.34. The van der Waals surface area contributed by atoms with E-state index in [-0.39, 0.29) is 12.4 Å². The van der Waals surface area contributed by atoms with Gasteiger partial charge in [-0.05, 0) is 41.5 Å². The van der Waals surface area contributed by atoms with Crippen molar-refractivity contribution in [3.8, 4) is 28.3 Å². The Labute approximate surface area is 132 Å². The Bertz CT molecular complexity index is 898. The zero-order chi connectivity index (χ0) is 15.8. The lowest BCUT2D eigenvalue weighted by atomic mass is 10.1. The molecule has 1 aliphatic heterocycles.